The Morgan fingerprint density at radius 3 is 2.59 bits per heavy atom. The lowest BCUT2D eigenvalue weighted by molar-refractivity contribution is 0.231. The van der Waals surface area contributed by atoms with Gasteiger partial charge in [-0.25, -0.2) is 9.37 Å². The molecule has 2 nitrogen and oxygen atoms in total. The maximum atomic E-state index is 13.8. The summed E-state index contributed by atoms with van der Waals surface area (Å²) >= 11 is 0. The zero-order valence-corrected chi connectivity index (χ0v) is 11.4. The third kappa shape index (κ3) is 3.69. The van der Waals surface area contributed by atoms with Gasteiger partial charge >= 0.3 is 0 Å². The van der Waals surface area contributed by atoms with Crippen LogP contribution in [0.25, 0.3) is 0 Å². The summed E-state index contributed by atoms with van der Waals surface area (Å²) in [5.74, 6) is 0.250. The first-order valence-electron chi connectivity index (χ1n) is 6.19. The van der Waals surface area contributed by atoms with E-state index in [2.05, 4.69) is 11.9 Å². The lowest BCUT2D eigenvalue weighted by Gasteiger charge is -2.25. The molecule has 0 radical (unpaired) electrons. The molecular weight excluding hydrogens is 217 g/mol. The zero-order chi connectivity index (χ0) is 13.1. The summed E-state index contributed by atoms with van der Waals surface area (Å²) in [5.41, 5.74) is 0.502. The fourth-order valence-corrected chi connectivity index (χ4v) is 2.00. The number of pyridine rings is 1. The smallest absolute Gasteiger partial charge is 0.213 e. The van der Waals surface area contributed by atoms with Gasteiger partial charge in [0, 0.05) is 11.6 Å². The van der Waals surface area contributed by atoms with Crippen LogP contribution in [0.2, 0.25) is 0 Å². The summed E-state index contributed by atoms with van der Waals surface area (Å²) in [6, 6.07) is 1.73. The second kappa shape index (κ2) is 5.48. The fourth-order valence-electron chi connectivity index (χ4n) is 2.00. The number of rotatable bonds is 5. The number of nitrogens with zero attached hydrogens (tertiary/aromatic N) is 1. The molecule has 0 aliphatic rings. The van der Waals surface area contributed by atoms with Gasteiger partial charge in [-0.3, -0.25) is 0 Å². The van der Waals surface area contributed by atoms with E-state index in [-0.39, 0.29) is 17.3 Å². The van der Waals surface area contributed by atoms with Crippen LogP contribution in [0.4, 0.5) is 4.39 Å². The van der Waals surface area contributed by atoms with Gasteiger partial charge in [0.05, 0.1) is 12.3 Å². The molecule has 0 atom stereocenters. The van der Waals surface area contributed by atoms with Crippen LogP contribution in [0, 0.1) is 5.82 Å². The third-order valence-electron chi connectivity index (χ3n) is 2.79. The molecule has 0 aliphatic heterocycles. The number of hydrogen-bond donors (Lipinski definition) is 0. The molecule has 1 rings (SSSR count). The van der Waals surface area contributed by atoms with Gasteiger partial charge in [-0.1, -0.05) is 27.2 Å². The van der Waals surface area contributed by atoms with Crippen molar-refractivity contribution in [1.82, 2.24) is 4.98 Å². The first kappa shape index (κ1) is 13.9. The van der Waals surface area contributed by atoms with E-state index in [9.17, 15) is 4.39 Å². The van der Waals surface area contributed by atoms with Crippen molar-refractivity contribution in [3.63, 3.8) is 0 Å². The van der Waals surface area contributed by atoms with Crippen LogP contribution in [-0.2, 0) is 5.41 Å². The van der Waals surface area contributed by atoms with E-state index >= 15 is 0 Å². The molecule has 0 spiro atoms. The van der Waals surface area contributed by atoms with Crippen LogP contribution in [0.15, 0.2) is 12.3 Å². The standard InChI is InChI=1S/C14H22FNO/c1-6-7-14(4,5)11-8-13(17-10(2)3)16-9-12(11)15/h8-10H,6-7H2,1-5H3. The van der Waals surface area contributed by atoms with E-state index in [0.29, 0.717) is 11.4 Å². The Kier molecular flexibility index (Phi) is 4.49. The minimum atomic E-state index is -0.250. The Bertz CT molecular complexity index is 374. The maximum absolute atomic E-state index is 13.8. The van der Waals surface area contributed by atoms with E-state index in [1.165, 1.54) is 6.20 Å². The van der Waals surface area contributed by atoms with Crippen LogP contribution in [0.3, 0.4) is 0 Å². The fraction of sp³-hybridized carbons (Fsp3) is 0.643. The minimum Gasteiger partial charge on any atom is -0.475 e. The average molecular weight is 239 g/mol. The predicted molar refractivity (Wildman–Crippen MR) is 67.9 cm³/mol. The highest BCUT2D eigenvalue weighted by molar-refractivity contribution is 5.29. The highest BCUT2D eigenvalue weighted by Gasteiger charge is 2.24. The monoisotopic (exact) mass is 239 g/mol. The van der Waals surface area contributed by atoms with Crippen molar-refractivity contribution in [3.8, 4) is 5.88 Å². The molecule has 0 saturated carbocycles. The van der Waals surface area contributed by atoms with E-state index in [4.69, 9.17) is 4.74 Å². The van der Waals surface area contributed by atoms with Crippen LogP contribution < -0.4 is 4.74 Å². The molecule has 0 unspecified atom stereocenters. The van der Waals surface area contributed by atoms with Gasteiger partial charge < -0.3 is 4.74 Å². The SMILES string of the molecule is CCCC(C)(C)c1cc(OC(C)C)ncc1F. The Balaban J connectivity index is 3.05. The molecule has 1 heterocycles. The van der Waals surface area contributed by atoms with Gasteiger partial charge in [-0.2, -0.15) is 0 Å². The molecule has 0 N–H and O–H groups in total. The molecule has 0 saturated heterocycles. The molecule has 1 aromatic heterocycles. The Hall–Kier alpha value is -1.12. The third-order valence-corrected chi connectivity index (χ3v) is 2.79. The molecule has 3 heteroatoms. The van der Waals surface area contributed by atoms with Crippen molar-refractivity contribution in [3.05, 3.63) is 23.6 Å². The molecule has 1 aromatic rings. The zero-order valence-electron chi connectivity index (χ0n) is 11.4. The number of aromatic nitrogens is 1. The van der Waals surface area contributed by atoms with Gasteiger partial charge in [-0.05, 0) is 25.7 Å². The number of hydrogen-bond acceptors (Lipinski definition) is 2. The van der Waals surface area contributed by atoms with Gasteiger partial charge in [0.1, 0.15) is 5.82 Å². The largest absolute Gasteiger partial charge is 0.475 e. The highest BCUT2D eigenvalue weighted by atomic mass is 19.1. The minimum absolute atomic E-state index is 0.0510. The molecule has 96 valence electrons. The molecule has 0 aliphatic carbocycles. The van der Waals surface area contributed by atoms with Crippen molar-refractivity contribution >= 4 is 0 Å². The van der Waals surface area contributed by atoms with Gasteiger partial charge in [-0.15, -0.1) is 0 Å². The van der Waals surface area contributed by atoms with Crippen LogP contribution in [0.1, 0.15) is 53.0 Å². The number of halogens is 1. The summed E-state index contributed by atoms with van der Waals surface area (Å²) in [5, 5.41) is 0. The summed E-state index contributed by atoms with van der Waals surface area (Å²) < 4.78 is 19.3. The summed E-state index contributed by atoms with van der Waals surface area (Å²) in [6.07, 6.45) is 3.27. The first-order chi connectivity index (χ1) is 7.86. The Morgan fingerprint density at radius 1 is 1.41 bits per heavy atom. The maximum Gasteiger partial charge on any atom is 0.213 e. The van der Waals surface area contributed by atoms with E-state index in [1.54, 1.807) is 6.07 Å². The van der Waals surface area contributed by atoms with Crippen LogP contribution >= 0.6 is 0 Å². The van der Waals surface area contributed by atoms with Crippen molar-refractivity contribution in [2.45, 2.75) is 59.0 Å². The lowest BCUT2D eigenvalue weighted by Crippen LogP contribution is -2.19. The van der Waals surface area contributed by atoms with Crippen molar-refractivity contribution in [2.75, 3.05) is 0 Å². The van der Waals surface area contributed by atoms with Crippen molar-refractivity contribution < 1.29 is 9.13 Å². The molecule has 0 amide bonds. The topological polar surface area (TPSA) is 22.1 Å². The molecule has 0 aromatic carbocycles. The van der Waals surface area contributed by atoms with Crippen LogP contribution in [0.5, 0.6) is 5.88 Å². The Labute approximate surface area is 103 Å². The van der Waals surface area contributed by atoms with Crippen molar-refractivity contribution in [1.29, 1.82) is 0 Å². The average Bonchev–Trinajstić information content (AvgIpc) is 2.20. The van der Waals surface area contributed by atoms with Crippen LogP contribution in [-0.4, -0.2) is 11.1 Å². The normalized spacial score (nSPS) is 11.9. The summed E-state index contributed by atoms with van der Waals surface area (Å²) in [7, 11) is 0. The second-order valence-electron chi connectivity index (χ2n) is 5.30. The molecule has 0 bridgehead atoms. The first-order valence-corrected chi connectivity index (χ1v) is 6.19. The second-order valence-corrected chi connectivity index (χ2v) is 5.30. The predicted octanol–water partition coefficient (Wildman–Crippen LogP) is 4.09. The Morgan fingerprint density at radius 2 is 2.06 bits per heavy atom. The molecule has 0 fully saturated rings. The quantitative estimate of drug-likeness (QED) is 0.772. The van der Waals surface area contributed by atoms with Gasteiger partial charge in [0.2, 0.25) is 5.88 Å². The van der Waals surface area contributed by atoms with Gasteiger partial charge in [0.25, 0.3) is 0 Å². The van der Waals surface area contributed by atoms with E-state index < -0.39 is 0 Å². The van der Waals surface area contributed by atoms with Crippen molar-refractivity contribution in [2.24, 2.45) is 0 Å². The molecule has 17 heavy (non-hydrogen) atoms. The number of ether oxygens (including phenoxy) is 1. The highest BCUT2D eigenvalue weighted by Crippen LogP contribution is 2.32. The van der Waals surface area contributed by atoms with Gasteiger partial charge in [0.15, 0.2) is 0 Å². The summed E-state index contributed by atoms with van der Waals surface area (Å²) in [6.45, 7) is 10.1. The van der Waals surface area contributed by atoms with E-state index in [1.807, 2.05) is 27.7 Å². The molecular formula is C14H22FNO. The summed E-state index contributed by atoms with van der Waals surface area (Å²) in [4.78, 5) is 3.96. The van der Waals surface area contributed by atoms with E-state index in [0.717, 1.165) is 12.8 Å². The lowest BCUT2D eigenvalue weighted by atomic mass is 9.81.